The van der Waals surface area contributed by atoms with Gasteiger partial charge in [-0.1, -0.05) is 33.3 Å². The quantitative estimate of drug-likeness (QED) is 0.613. The van der Waals surface area contributed by atoms with Crippen molar-refractivity contribution < 1.29 is 4.79 Å². The van der Waals surface area contributed by atoms with Crippen molar-refractivity contribution in [1.82, 2.24) is 0 Å². The first-order chi connectivity index (χ1) is 7.47. The lowest BCUT2D eigenvalue weighted by molar-refractivity contribution is -0.106. The molecule has 0 saturated heterocycles. The molecule has 16 heavy (non-hydrogen) atoms. The van der Waals surface area contributed by atoms with Gasteiger partial charge in [0, 0.05) is 0 Å². The molecule has 3 atom stereocenters. The van der Waals surface area contributed by atoms with E-state index in [4.69, 9.17) is 0 Å². The van der Waals surface area contributed by atoms with Gasteiger partial charge in [-0.15, -0.1) is 0 Å². The topological polar surface area (TPSA) is 17.1 Å². The molecule has 3 rings (SSSR count). The van der Waals surface area contributed by atoms with Crippen LogP contribution in [0.2, 0.25) is 0 Å². The molecule has 0 N–H and O–H groups in total. The van der Waals surface area contributed by atoms with Crippen molar-refractivity contribution in [3.05, 3.63) is 11.6 Å². The van der Waals surface area contributed by atoms with Gasteiger partial charge < -0.3 is 0 Å². The first-order valence-corrected chi connectivity index (χ1v) is 6.62. The van der Waals surface area contributed by atoms with Gasteiger partial charge in [-0.05, 0) is 53.4 Å². The highest BCUT2D eigenvalue weighted by molar-refractivity contribution is 5.76. The third-order valence-corrected chi connectivity index (χ3v) is 6.10. The Kier molecular flexibility index (Phi) is 1.85. The molecule has 2 saturated carbocycles. The van der Waals surface area contributed by atoms with Crippen molar-refractivity contribution in [3.63, 3.8) is 0 Å². The second-order valence-corrected chi connectivity index (χ2v) is 7.05. The predicted octanol–water partition coefficient (Wildman–Crippen LogP) is 3.74. The van der Waals surface area contributed by atoms with Crippen LogP contribution in [0.4, 0.5) is 0 Å². The minimum Gasteiger partial charge on any atom is -0.298 e. The molecule has 3 aliphatic carbocycles. The van der Waals surface area contributed by atoms with E-state index < -0.39 is 0 Å². The molecule has 0 unspecified atom stereocenters. The number of hydrogen-bond donors (Lipinski definition) is 0. The molecule has 0 radical (unpaired) electrons. The lowest BCUT2D eigenvalue weighted by Gasteiger charge is -2.54. The molecule has 1 heteroatoms. The van der Waals surface area contributed by atoms with E-state index in [1.807, 2.05) is 0 Å². The number of carbonyl (C=O) groups excluding carboxylic acids is 1. The number of aldehydes is 1. The van der Waals surface area contributed by atoms with E-state index in [0.29, 0.717) is 22.2 Å². The fourth-order valence-corrected chi connectivity index (χ4v) is 5.16. The average molecular weight is 218 g/mol. The van der Waals surface area contributed by atoms with Crippen molar-refractivity contribution >= 4 is 6.29 Å². The summed E-state index contributed by atoms with van der Waals surface area (Å²) in [5.74, 6) is 0.582. The van der Waals surface area contributed by atoms with Crippen molar-refractivity contribution in [2.45, 2.75) is 52.9 Å². The predicted molar refractivity (Wildman–Crippen MR) is 65.0 cm³/mol. The Balaban J connectivity index is 2.09. The van der Waals surface area contributed by atoms with Crippen LogP contribution in [0.1, 0.15) is 52.9 Å². The Morgan fingerprint density at radius 3 is 2.75 bits per heavy atom. The van der Waals surface area contributed by atoms with E-state index in [1.54, 1.807) is 0 Å². The fourth-order valence-electron chi connectivity index (χ4n) is 5.16. The molecule has 0 heterocycles. The summed E-state index contributed by atoms with van der Waals surface area (Å²) < 4.78 is 0. The monoisotopic (exact) mass is 218 g/mol. The highest BCUT2D eigenvalue weighted by Crippen LogP contribution is 2.80. The van der Waals surface area contributed by atoms with Gasteiger partial charge >= 0.3 is 0 Å². The molecule has 2 fully saturated rings. The van der Waals surface area contributed by atoms with E-state index in [0.717, 1.165) is 18.3 Å². The number of carbonyl (C=O) groups is 1. The number of allylic oxidation sites excluding steroid dienone is 2. The van der Waals surface area contributed by atoms with E-state index in [9.17, 15) is 4.79 Å². The molecule has 0 bridgehead atoms. The van der Waals surface area contributed by atoms with Crippen LogP contribution in [0.5, 0.6) is 0 Å². The number of rotatable bonds is 1. The highest BCUT2D eigenvalue weighted by atomic mass is 16.1. The van der Waals surface area contributed by atoms with Crippen LogP contribution in [0.25, 0.3) is 0 Å². The average Bonchev–Trinajstić information content (AvgIpc) is 2.94. The summed E-state index contributed by atoms with van der Waals surface area (Å²) in [6.45, 7) is 7.32. The summed E-state index contributed by atoms with van der Waals surface area (Å²) in [5.41, 5.74) is 2.44. The van der Waals surface area contributed by atoms with E-state index in [1.165, 1.54) is 25.7 Å². The first kappa shape index (κ1) is 10.6. The Labute approximate surface area is 98.3 Å². The van der Waals surface area contributed by atoms with Crippen LogP contribution in [-0.4, -0.2) is 6.29 Å². The first-order valence-electron chi connectivity index (χ1n) is 6.62. The summed E-state index contributed by atoms with van der Waals surface area (Å²) in [6.07, 6.45) is 9.79. The van der Waals surface area contributed by atoms with Gasteiger partial charge in [0.2, 0.25) is 0 Å². The van der Waals surface area contributed by atoms with Gasteiger partial charge in [-0.3, -0.25) is 4.79 Å². The van der Waals surface area contributed by atoms with Gasteiger partial charge in [0.1, 0.15) is 6.29 Å². The van der Waals surface area contributed by atoms with Gasteiger partial charge in [0.25, 0.3) is 0 Å². The van der Waals surface area contributed by atoms with Gasteiger partial charge in [-0.2, -0.15) is 0 Å². The van der Waals surface area contributed by atoms with Crippen molar-refractivity contribution in [3.8, 4) is 0 Å². The minimum atomic E-state index is 0.424. The summed E-state index contributed by atoms with van der Waals surface area (Å²) in [6, 6.07) is 0. The summed E-state index contributed by atoms with van der Waals surface area (Å²) in [5, 5.41) is 0. The zero-order chi connectivity index (χ0) is 11.6. The SMILES string of the molecule is CC1(C)CCC[C@@]2(C)CC=C(C=O)[C@@H]3C[C@]312. The van der Waals surface area contributed by atoms with Crippen LogP contribution in [0.3, 0.4) is 0 Å². The maximum atomic E-state index is 11.1. The van der Waals surface area contributed by atoms with E-state index >= 15 is 0 Å². The Hall–Kier alpha value is -0.590. The Morgan fingerprint density at radius 2 is 2.06 bits per heavy atom. The summed E-state index contributed by atoms with van der Waals surface area (Å²) in [4.78, 5) is 11.1. The molecule has 3 aliphatic rings. The second-order valence-electron chi connectivity index (χ2n) is 7.05. The largest absolute Gasteiger partial charge is 0.298 e. The molecule has 0 aromatic rings. The zero-order valence-electron chi connectivity index (χ0n) is 10.7. The minimum absolute atomic E-state index is 0.424. The van der Waals surface area contributed by atoms with Crippen molar-refractivity contribution in [2.24, 2.45) is 22.2 Å². The van der Waals surface area contributed by atoms with Crippen LogP contribution >= 0.6 is 0 Å². The highest BCUT2D eigenvalue weighted by Gasteiger charge is 2.73. The van der Waals surface area contributed by atoms with Crippen molar-refractivity contribution in [1.29, 1.82) is 0 Å². The maximum absolute atomic E-state index is 11.1. The van der Waals surface area contributed by atoms with E-state index in [2.05, 4.69) is 26.8 Å². The van der Waals surface area contributed by atoms with Crippen LogP contribution in [-0.2, 0) is 4.79 Å². The molecule has 0 aliphatic heterocycles. The summed E-state index contributed by atoms with van der Waals surface area (Å²) in [7, 11) is 0. The molecule has 88 valence electrons. The third-order valence-electron chi connectivity index (χ3n) is 6.10. The van der Waals surface area contributed by atoms with Crippen LogP contribution in [0.15, 0.2) is 11.6 Å². The van der Waals surface area contributed by atoms with E-state index in [-0.39, 0.29) is 0 Å². The number of hydrogen-bond acceptors (Lipinski definition) is 1. The molecule has 1 nitrogen and oxygen atoms in total. The molecule has 0 aromatic carbocycles. The van der Waals surface area contributed by atoms with Gasteiger partial charge in [0.05, 0.1) is 0 Å². The second kappa shape index (κ2) is 2.80. The molecule has 0 amide bonds. The molecule has 0 aromatic heterocycles. The zero-order valence-corrected chi connectivity index (χ0v) is 10.7. The molecular formula is C15H22O. The van der Waals surface area contributed by atoms with Crippen LogP contribution < -0.4 is 0 Å². The van der Waals surface area contributed by atoms with Gasteiger partial charge in [0.15, 0.2) is 0 Å². The van der Waals surface area contributed by atoms with Crippen LogP contribution in [0, 0.1) is 22.2 Å². The molecular weight excluding hydrogens is 196 g/mol. The fraction of sp³-hybridized carbons (Fsp3) is 0.800. The normalized spacial score (nSPS) is 48.7. The Bertz CT molecular complexity index is 379. The van der Waals surface area contributed by atoms with Gasteiger partial charge in [-0.25, -0.2) is 0 Å². The smallest absolute Gasteiger partial charge is 0.146 e. The van der Waals surface area contributed by atoms with Crippen molar-refractivity contribution in [2.75, 3.05) is 0 Å². The maximum Gasteiger partial charge on any atom is 0.146 e. The Morgan fingerprint density at radius 1 is 1.31 bits per heavy atom. The molecule has 1 spiro atoms. The summed E-state index contributed by atoms with van der Waals surface area (Å²) >= 11 is 0. The lowest BCUT2D eigenvalue weighted by atomic mass is 9.50. The third kappa shape index (κ3) is 0.959. The lowest BCUT2D eigenvalue weighted by Crippen LogP contribution is -2.46. The standard InChI is InChI=1S/C15H22O/c1-13(2)6-4-7-14(3)8-5-11(10-16)12-9-15(12,13)14/h5,10,12H,4,6-9H2,1-3H3/t12-,14-,15-/m0/s1.